The Morgan fingerprint density at radius 2 is 2.24 bits per heavy atom. The van der Waals surface area contributed by atoms with Gasteiger partial charge in [-0.25, -0.2) is 4.68 Å². The second-order valence-electron chi connectivity index (χ2n) is 3.50. The van der Waals surface area contributed by atoms with Crippen molar-refractivity contribution in [3.8, 4) is 5.95 Å². The number of nitrogens with one attached hydrogen (secondary N) is 1. The van der Waals surface area contributed by atoms with Gasteiger partial charge in [0.25, 0.3) is 5.95 Å². The first kappa shape index (κ1) is 10.4. The predicted molar refractivity (Wildman–Crippen MR) is 65.8 cm³/mol. The number of hydrogen-bond acceptors (Lipinski definition) is 4. The van der Waals surface area contributed by atoms with E-state index >= 15 is 0 Å². The third-order valence-corrected chi connectivity index (χ3v) is 3.06. The Morgan fingerprint density at radius 3 is 2.94 bits per heavy atom. The molecule has 0 aliphatic rings. The van der Waals surface area contributed by atoms with E-state index in [-0.39, 0.29) is 0 Å². The number of rotatable bonds is 1. The van der Waals surface area contributed by atoms with Crippen molar-refractivity contribution in [2.24, 2.45) is 7.05 Å². The topological polar surface area (TPSA) is 64.3 Å². The second-order valence-corrected chi connectivity index (χ2v) is 4.30. The maximum atomic E-state index is 6.09. The monoisotopic (exact) mass is 266 g/mol. The van der Waals surface area contributed by atoms with Crippen molar-refractivity contribution in [3.63, 3.8) is 0 Å². The molecule has 3 aromatic rings. The number of aryl methyl sites for hydroxylation is 1. The number of benzene rings is 1. The minimum absolute atomic E-state index is 0.506. The molecule has 0 fully saturated rings. The fourth-order valence-electron chi connectivity index (χ4n) is 1.71. The smallest absolute Gasteiger partial charge is 0.256 e. The molecular formula is C9H7ClN6S. The molecule has 0 bridgehead atoms. The molecule has 2 aromatic heterocycles. The molecular weight excluding hydrogens is 260 g/mol. The summed E-state index contributed by atoms with van der Waals surface area (Å²) in [6.45, 7) is 0. The minimum atomic E-state index is 0.506. The highest BCUT2D eigenvalue weighted by molar-refractivity contribution is 7.71. The third-order valence-electron chi connectivity index (χ3n) is 2.47. The number of aromatic nitrogens is 6. The molecule has 86 valence electrons. The standard InChI is InChI=1S/C9H7ClN6S/c1-15-8(12-13-14-15)16-6-4-2-3-5(10)7(6)11-9(16)17/h2-4H,1H3,(H,11,17). The fraction of sp³-hybridized carbons (Fsp3) is 0.111. The first-order chi connectivity index (χ1) is 8.18. The predicted octanol–water partition coefficient (Wildman–Crippen LogP) is 1.86. The van der Waals surface area contributed by atoms with Gasteiger partial charge in [-0.3, -0.25) is 4.57 Å². The number of fused-ring (bicyclic) bond motifs is 1. The molecule has 0 unspecified atom stereocenters. The molecule has 0 atom stereocenters. The van der Waals surface area contributed by atoms with E-state index in [4.69, 9.17) is 23.8 Å². The molecule has 6 nitrogen and oxygen atoms in total. The molecule has 0 aliphatic heterocycles. The van der Waals surface area contributed by atoms with Gasteiger partial charge < -0.3 is 4.98 Å². The molecule has 8 heteroatoms. The molecule has 1 N–H and O–H groups in total. The lowest BCUT2D eigenvalue weighted by Crippen LogP contribution is -2.04. The Labute approximate surface area is 106 Å². The van der Waals surface area contributed by atoms with Crippen molar-refractivity contribution >= 4 is 34.9 Å². The Balaban J connectivity index is 2.45. The fourth-order valence-corrected chi connectivity index (χ4v) is 2.21. The van der Waals surface area contributed by atoms with Crippen LogP contribution in [-0.2, 0) is 7.05 Å². The molecule has 0 radical (unpaired) electrons. The first-order valence-electron chi connectivity index (χ1n) is 4.80. The van der Waals surface area contributed by atoms with Crippen LogP contribution < -0.4 is 0 Å². The van der Waals surface area contributed by atoms with E-state index in [0.29, 0.717) is 15.7 Å². The van der Waals surface area contributed by atoms with Gasteiger partial charge in [-0.05, 0) is 34.8 Å². The van der Waals surface area contributed by atoms with Crippen molar-refractivity contribution in [1.29, 1.82) is 0 Å². The van der Waals surface area contributed by atoms with Gasteiger partial charge in [-0.2, -0.15) is 0 Å². The van der Waals surface area contributed by atoms with E-state index in [0.717, 1.165) is 11.0 Å². The molecule has 0 spiro atoms. The van der Waals surface area contributed by atoms with Gasteiger partial charge in [0.15, 0.2) is 4.77 Å². The van der Waals surface area contributed by atoms with Crippen LogP contribution in [0.25, 0.3) is 17.0 Å². The Hall–Kier alpha value is -1.73. The number of hydrogen-bond donors (Lipinski definition) is 1. The minimum Gasteiger partial charge on any atom is -0.329 e. The number of para-hydroxylation sites is 1. The summed E-state index contributed by atoms with van der Waals surface area (Å²) >= 11 is 11.4. The first-order valence-corrected chi connectivity index (χ1v) is 5.59. The van der Waals surface area contributed by atoms with E-state index in [1.165, 1.54) is 0 Å². The third kappa shape index (κ3) is 1.47. The quantitative estimate of drug-likeness (QED) is 0.683. The Kier molecular flexibility index (Phi) is 2.23. The highest BCUT2D eigenvalue weighted by atomic mass is 35.5. The number of aromatic amines is 1. The Bertz CT molecular complexity index is 754. The molecule has 3 rings (SSSR count). The molecule has 0 amide bonds. The molecule has 0 saturated heterocycles. The van der Waals surface area contributed by atoms with Crippen LogP contribution in [-0.4, -0.2) is 29.8 Å². The van der Waals surface area contributed by atoms with Crippen molar-refractivity contribution in [3.05, 3.63) is 28.0 Å². The Morgan fingerprint density at radius 1 is 1.41 bits per heavy atom. The molecule has 0 saturated carbocycles. The van der Waals surface area contributed by atoms with E-state index in [1.807, 2.05) is 12.1 Å². The zero-order valence-electron chi connectivity index (χ0n) is 8.75. The van der Waals surface area contributed by atoms with Crippen LogP contribution in [0.2, 0.25) is 5.02 Å². The van der Waals surface area contributed by atoms with Crippen molar-refractivity contribution in [2.75, 3.05) is 0 Å². The van der Waals surface area contributed by atoms with Crippen LogP contribution in [0.1, 0.15) is 0 Å². The number of H-pyrrole nitrogens is 1. The zero-order valence-corrected chi connectivity index (χ0v) is 10.3. The lowest BCUT2D eigenvalue weighted by atomic mass is 10.3. The van der Waals surface area contributed by atoms with E-state index in [1.54, 1.807) is 22.4 Å². The van der Waals surface area contributed by atoms with Crippen molar-refractivity contribution in [2.45, 2.75) is 0 Å². The maximum absolute atomic E-state index is 6.09. The van der Waals surface area contributed by atoms with Crippen molar-refractivity contribution < 1.29 is 0 Å². The van der Waals surface area contributed by atoms with E-state index < -0.39 is 0 Å². The lowest BCUT2D eigenvalue weighted by Gasteiger charge is -2.01. The number of imidazole rings is 1. The molecule has 2 heterocycles. The van der Waals surface area contributed by atoms with Gasteiger partial charge in [0.2, 0.25) is 0 Å². The van der Waals surface area contributed by atoms with Gasteiger partial charge >= 0.3 is 0 Å². The van der Waals surface area contributed by atoms with Crippen molar-refractivity contribution in [1.82, 2.24) is 29.8 Å². The largest absolute Gasteiger partial charge is 0.329 e. The number of tetrazole rings is 1. The van der Waals surface area contributed by atoms with Crippen LogP contribution in [0.5, 0.6) is 0 Å². The van der Waals surface area contributed by atoms with Crippen LogP contribution in [0.4, 0.5) is 0 Å². The molecule has 0 aliphatic carbocycles. The highest BCUT2D eigenvalue weighted by Gasteiger charge is 2.12. The van der Waals surface area contributed by atoms with Gasteiger partial charge in [-0.1, -0.05) is 22.8 Å². The summed E-state index contributed by atoms with van der Waals surface area (Å²) in [5.74, 6) is 0.545. The highest BCUT2D eigenvalue weighted by Crippen LogP contribution is 2.24. The summed E-state index contributed by atoms with van der Waals surface area (Å²) in [6.07, 6.45) is 0. The molecule has 1 aromatic carbocycles. The van der Waals surface area contributed by atoms with E-state index in [2.05, 4.69) is 20.5 Å². The summed E-state index contributed by atoms with van der Waals surface area (Å²) in [5, 5.41) is 11.9. The van der Waals surface area contributed by atoms with Crippen LogP contribution in [0.3, 0.4) is 0 Å². The van der Waals surface area contributed by atoms with Crippen LogP contribution in [0, 0.1) is 4.77 Å². The average molecular weight is 267 g/mol. The summed E-state index contributed by atoms with van der Waals surface area (Å²) < 4.78 is 3.80. The van der Waals surface area contributed by atoms with Gasteiger partial charge in [0.05, 0.1) is 16.1 Å². The molecule has 17 heavy (non-hydrogen) atoms. The normalized spacial score (nSPS) is 11.2. The maximum Gasteiger partial charge on any atom is 0.256 e. The van der Waals surface area contributed by atoms with Crippen LogP contribution in [0.15, 0.2) is 18.2 Å². The zero-order chi connectivity index (χ0) is 12.0. The average Bonchev–Trinajstić information content (AvgIpc) is 2.83. The number of halogens is 1. The van der Waals surface area contributed by atoms with Gasteiger partial charge in [0, 0.05) is 7.05 Å². The summed E-state index contributed by atoms with van der Waals surface area (Å²) in [6, 6.07) is 5.56. The summed E-state index contributed by atoms with van der Waals surface area (Å²) in [7, 11) is 1.75. The summed E-state index contributed by atoms with van der Waals surface area (Å²) in [5.41, 5.74) is 1.63. The second kappa shape index (κ2) is 3.64. The number of nitrogens with zero attached hydrogens (tertiary/aromatic N) is 5. The van der Waals surface area contributed by atoms with Crippen LogP contribution >= 0.6 is 23.8 Å². The van der Waals surface area contributed by atoms with E-state index in [9.17, 15) is 0 Å². The lowest BCUT2D eigenvalue weighted by molar-refractivity contribution is 0.693. The van der Waals surface area contributed by atoms with Gasteiger partial charge in [0.1, 0.15) is 0 Å². The van der Waals surface area contributed by atoms with Gasteiger partial charge in [-0.15, -0.1) is 0 Å². The SMILES string of the molecule is Cn1nnnc1-n1c(=S)[nH]c2c(Cl)cccc21. The summed E-state index contributed by atoms with van der Waals surface area (Å²) in [4.78, 5) is 3.05.